The van der Waals surface area contributed by atoms with E-state index in [0.717, 1.165) is 44.7 Å². The Labute approximate surface area is 161 Å². The fourth-order valence-electron chi connectivity index (χ4n) is 3.56. The number of halogens is 1. The van der Waals surface area contributed by atoms with Crippen molar-refractivity contribution in [3.05, 3.63) is 66.0 Å². The lowest BCUT2D eigenvalue weighted by Gasteiger charge is -2.33. The maximum atomic E-state index is 13.0. The molecule has 0 aliphatic carbocycles. The van der Waals surface area contributed by atoms with Gasteiger partial charge in [0.2, 0.25) is 0 Å². The Hall–Kier alpha value is -2.40. The zero-order valence-electron chi connectivity index (χ0n) is 16.0. The number of nitrogens with zero attached hydrogens (tertiary/aromatic N) is 1. The molecule has 3 rings (SSSR count). The van der Waals surface area contributed by atoms with Crippen LogP contribution in [0.2, 0.25) is 0 Å². The highest BCUT2D eigenvalue weighted by Gasteiger charge is 2.22. The lowest BCUT2D eigenvalue weighted by atomic mass is 10.1. The van der Waals surface area contributed by atoms with Crippen LogP contribution in [0.5, 0.6) is 0 Å². The van der Waals surface area contributed by atoms with E-state index < -0.39 is 0 Å². The number of rotatable bonds is 7. The fourth-order valence-corrected chi connectivity index (χ4v) is 3.56. The Morgan fingerprint density at radius 2 is 1.78 bits per heavy atom. The maximum Gasteiger partial charge on any atom is 0.275 e. The summed E-state index contributed by atoms with van der Waals surface area (Å²) in [6.07, 6.45) is 1.93. The van der Waals surface area contributed by atoms with Crippen molar-refractivity contribution < 1.29 is 14.1 Å². The van der Waals surface area contributed by atoms with Crippen molar-refractivity contribution in [2.75, 3.05) is 37.6 Å². The van der Waals surface area contributed by atoms with Gasteiger partial charge in [0.1, 0.15) is 5.82 Å². The second-order valence-electron chi connectivity index (χ2n) is 7.38. The average Bonchev–Trinajstić information content (AvgIpc) is 2.68. The topological polar surface area (TPSA) is 36.8 Å². The van der Waals surface area contributed by atoms with Crippen LogP contribution >= 0.6 is 0 Å². The molecule has 2 aromatic rings. The van der Waals surface area contributed by atoms with Crippen LogP contribution in [0.25, 0.3) is 0 Å². The minimum atomic E-state index is -0.207. The quantitative estimate of drug-likeness (QED) is 0.778. The summed E-state index contributed by atoms with van der Waals surface area (Å²) in [6.45, 7) is 6.21. The van der Waals surface area contributed by atoms with E-state index in [-0.39, 0.29) is 17.8 Å². The molecule has 27 heavy (non-hydrogen) atoms. The van der Waals surface area contributed by atoms with Gasteiger partial charge in [-0.2, -0.15) is 0 Å². The van der Waals surface area contributed by atoms with E-state index in [1.807, 2.05) is 30.3 Å². The summed E-state index contributed by atoms with van der Waals surface area (Å²) in [7, 11) is 0. The van der Waals surface area contributed by atoms with Crippen LogP contribution in [0.15, 0.2) is 54.6 Å². The first kappa shape index (κ1) is 19.4. The molecule has 0 aromatic heterocycles. The maximum absolute atomic E-state index is 13.0. The molecule has 1 heterocycles. The first-order chi connectivity index (χ1) is 13.1. The number of carbonyl (C=O) groups excluding carboxylic acids is 1. The third kappa shape index (κ3) is 6.07. The molecule has 0 unspecified atom stereocenters. The number of quaternary nitrogens is 1. The Balaban J connectivity index is 1.37. The van der Waals surface area contributed by atoms with E-state index in [4.69, 9.17) is 0 Å². The predicted octanol–water partition coefficient (Wildman–Crippen LogP) is 1.67. The summed E-state index contributed by atoms with van der Waals surface area (Å²) in [6, 6.07) is 17.2. The van der Waals surface area contributed by atoms with Gasteiger partial charge in [-0.1, -0.05) is 30.3 Å². The third-order valence-electron chi connectivity index (χ3n) is 5.19. The second kappa shape index (κ2) is 9.51. The standard InChI is InChI=1S/C22H28FN3O/c1-18(7-8-19-5-3-2-4-6-19)24-22(27)17-25-13-15-26(16-14-25)21-11-9-20(23)10-12-21/h2-6,9-12,18H,7-8,13-17H2,1H3,(H,24,27)/p+1/t18-/m0/s1. The van der Waals surface area contributed by atoms with Crippen LogP contribution in [0.1, 0.15) is 18.9 Å². The van der Waals surface area contributed by atoms with E-state index in [1.165, 1.54) is 22.6 Å². The summed E-state index contributed by atoms with van der Waals surface area (Å²) in [4.78, 5) is 15.9. The fraction of sp³-hybridized carbons (Fsp3) is 0.409. The van der Waals surface area contributed by atoms with Gasteiger partial charge in [-0.3, -0.25) is 4.79 Å². The molecule has 1 aliphatic heterocycles. The number of amides is 1. The lowest BCUT2D eigenvalue weighted by molar-refractivity contribution is -0.892. The van der Waals surface area contributed by atoms with Crippen molar-refractivity contribution in [2.24, 2.45) is 0 Å². The molecule has 1 amide bonds. The number of nitrogens with one attached hydrogen (secondary N) is 2. The molecule has 0 spiro atoms. The largest absolute Gasteiger partial charge is 0.360 e. The normalized spacial score (nSPS) is 16.1. The zero-order valence-corrected chi connectivity index (χ0v) is 16.0. The third-order valence-corrected chi connectivity index (χ3v) is 5.19. The highest BCUT2D eigenvalue weighted by molar-refractivity contribution is 5.77. The van der Waals surface area contributed by atoms with E-state index in [9.17, 15) is 9.18 Å². The van der Waals surface area contributed by atoms with E-state index >= 15 is 0 Å². The molecule has 144 valence electrons. The highest BCUT2D eigenvalue weighted by Crippen LogP contribution is 2.14. The molecule has 1 saturated heterocycles. The monoisotopic (exact) mass is 370 g/mol. The van der Waals surface area contributed by atoms with Crippen LogP contribution in [0.4, 0.5) is 10.1 Å². The summed E-state index contributed by atoms with van der Waals surface area (Å²) in [5, 5.41) is 3.13. The van der Waals surface area contributed by atoms with E-state index in [1.54, 1.807) is 0 Å². The van der Waals surface area contributed by atoms with Gasteiger partial charge in [-0.25, -0.2) is 4.39 Å². The van der Waals surface area contributed by atoms with Crippen molar-refractivity contribution >= 4 is 11.6 Å². The van der Waals surface area contributed by atoms with Crippen LogP contribution in [0, 0.1) is 5.82 Å². The molecule has 2 aromatic carbocycles. The molecule has 2 N–H and O–H groups in total. The SMILES string of the molecule is C[C@@H](CCc1ccccc1)NC(=O)C[NH+]1CCN(c2ccc(F)cc2)CC1. The van der Waals surface area contributed by atoms with Gasteiger partial charge in [0.25, 0.3) is 5.91 Å². The van der Waals surface area contributed by atoms with Crippen molar-refractivity contribution in [1.29, 1.82) is 0 Å². The number of benzene rings is 2. The van der Waals surface area contributed by atoms with Gasteiger partial charge in [0.05, 0.1) is 26.2 Å². The molecule has 0 radical (unpaired) electrons. The van der Waals surface area contributed by atoms with E-state index in [2.05, 4.69) is 29.3 Å². The summed E-state index contributed by atoms with van der Waals surface area (Å²) in [5.74, 6) is -0.0816. The Morgan fingerprint density at radius 3 is 2.44 bits per heavy atom. The Morgan fingerprint density at radius 1 is 1.11 bits per heavy atom. The highest BCUT2D eigenvalue weighted by atomic mass is 19.1. The summed E-state index contributed by atoms with van der Waals surface area (Å²) in [5.41, 5.74) is 2.36. The molecular formula is C22H29FN3O+. The van der Waals surface area contributed by atoms with Crippen molar-refractivity contribution in [3.8, 4) is 0 Å². The van der Waals surface area contributed by atoms with Gasteiger partial charge >= 0.3 is 0 Å². The Kier molecular flexibility index (Phi) is 6.82. The zero-order chi connectivity index (χ0) is 19.1. The molecule has 1 atom stereocenters. The molecule has 0 saturated carbocycles. The second-order valence-corrected chi connectivity index (χ2v) is 7.38. The van der Waals surface area contributed by atoms with Crippen LogP contribution in [-0.4, -0.2) is 44.7 Å². The van der Waals surface area contributed by atoms with E-state index in [0.29, 0.717) is 6.54 Å². The molecule has 0 bridgehead atoms. The van der Waals surface area contributed by atoms with Crippen molar-refractivity contribution in [2.45, 2.75) is 25.8 Å². The van der Waals surface area contributed by atoms with Crippen molar-refractivity contribution in [3.63, 3.8) is 0 Å². The number of carbonyl (C=O) groups is 1. The minimum Gasteiger partial charge on any atom is -0.360 e. The van der Waals surface area contributed by atoms with Gasteiger partial charge in [0.15, 0.2) is 6.54 Å². The summed E-state index contributed by atoms with van der Waals surface area (Å²) >= 11 is 0. The smallest absolute Gasteiger partial charge is 0.275 e. The van der Waals surface area contributed by atoms with Crippen LogP contribution in [-0.2, 0) is 11.2 Å². The minimum absolute atomic E-state index is 0.126. The first-order valence-corrected chi connectivity index (χ1v) is 9.77. The predicted molar refractivity (Wildman–Crippen MR) is 107 cm³/mol. The average molecular weight is 370 g/mol. The number of piperazine rings is 1. The number of hydrogen-bond donors (Lipinski definition) is 2. The summed E-state index contributed by atoms with van der Waals surface area (Å²) < 4.78 is 13.0. The Bertz CT molecular complexity index is 712. The van der Waals surface area contributed by atoms with Gasteiger partial charge < -0.3 is 15.1 Å². The van der Waals surface area contributed by atoms with Gasteiger partial charge in [-0.05, 0) is 49.6 Å². The molecular weight excluding hydrogens is 341 g/mol. The molecule has 5 heteroatoms. The molecule has 1 aliphatic rings. The molecule has 4 nitrogen and oxygen atoms in total. The number of anilines is 1. The van der Waals surface area contributed by atoms with Crippen molar-refractivity contribution in [1.82, 2.24) is 5.32 Å². The van der Waals surface area contributed by atoms with Crippen LogP contribution in [0.3, 0.4) is 0 Å². The number of aryl methyl sites for hydroxylation is 1. The lowest BCUT2D eigenvalue weighted by Crippen LogP contribution is -3.16. The number of hydrogen-bond acceptors (Lipinski definition) is 2. The molecule has 1 fully saturated rings. The van der Waals surface area contributed by atoms with Gasteiger partial charge in [-0.15, -0.1) is 0 Å². The van der Waals surface area contributed by atoms with Crippen LogP contribution < -0.4 is 15.1 Å². The first-order valence-electron chi connectivity index (χ1n) is 9.77. The van der Waals surface area contributed by atoms with Gasteiger partial charge in [0, 0.05) is 11.7 Å².